The van der Waals surface area contributed by atoms with E-state index >= 15 is 0 Å². The largest absolute Gasteiger partial charge is 0.496 e. The van der Waals surface area contributed by atoms with Gasteiger partial charge in [0.15, 0.2) is 5.96 Å². The lowest BCUT2D eigenvalue weighted by Gasteiger charge is -2.12. The second kappa shape index (κ2) is 12.7. The molecule has 1 rings (SSSR count). The molecule has 0 saturated heterocycles. The zero-order chi connectivity index (χ0) is 14.6. The van der Waals surface area contributed by atoms with E-state index in [0.29, 0.717) is 0 Å². The number of guanidine groups is 1. The molecule has 0 bridgehead atoms. The summed E-state index contributed by atoms with van der Waals surface area (Å²) in [6.07, 6.45) is 4.59. The van der Waals surface area contributed by atoms with Gasteiger partial charge in [-0.15, -0.1) is 24.0 Å². The fraction of sp³-hybridized carbons (Fsp3) is 0.562. The van der Waals surface area contributed by atoms with Gasteiger partial charge in [0.2, 0.25) is 0 Å². The number of nitrogens with zero attached hydrogens (tertiary/aromatic N) is 1. The maximum Gasteiger partial charge on any atom is 0.190 e. The van der Waals surface area contributed by atoms with Crippen molar-refractivity contribution in [1.29, 1.82) is 0 Å². The Morgan fingerprint density at radius 2 is 1.86 bits per heavy atom. The Balaban J connectivity index is 0.00000400. The quantitative estimate of drug-likeness (QED) is 0.302. The SMILES string of the molecule is CCCCCNC(=NC)NCCc1ccccc1OC.I. The third-order valence-corrected chi connectivity index (χ3v) is 3.18. The van der Waals surface area contributed by atoms with E-state index < -0.39 is 0 Å². The number of rotatable bonds is 8. The van der Waals surface area contributed by atoms with Crippen molar-refractivity contribution in [2.24, 2.45) is 4.99 Å². The molecule has 1 aromatic carbocycles. The van der Waals surface area contributed by atoms with Gasteiger partial charge in [0.1, 0.15) is 5.75 Å². The minimum atomic E-state index is 0. The van der Waals surface area contributed by atoms with Gasteiger partial charge in [0.05, 0.1) is 7.11 Å². The summed E-state index contributed by atoms with van der Waals surface area (Å²) in [6, 6.07) is 8.12. The minimum absolute atomic E-state index is 0. The van der Waals surface area contributed by atoms with Crippen LogP contribution in [0.2, 0.25) is 0 Å². The summed E-state index contributed by atoms with van der Waals surface area (Å²) < 4.78 is 5.35. The second-order valence-electron chi connectivity index (χ2n) is 4.69. The first kappa shape index (κ1) is 20.0. The van der Waals surface area contributed by atoms with E-state index in [-0.39, 0.29) is 24.0 Å². The van der Waals surface area contributed by atoms with Crippen LogP contribution in [0.5, 0.6) is 5.75 Å². The first-order valence-corrected chi connectivity index (χ1v) is 7.38. The summed E-state index contributed by atoms with van der Waals surface area (Å²) in [5, 5.41) is 6.66. The number of hydrogen-bond donors (Lipinski definition) is 2. The van der Waals surface area contributed by atoms with Gasteiger partial charge in [-0.25, -0.2) is 0 Å². The zero-order valence-corrected chi connectivity index (χ0v) is 15.6. The predicted molar refractivity (Wildman–Crippen MR) is 101 cm³/mol. The summed E-state index contributed by atoms with van der Waals surface area (Å²) >= 11 is 0. The molecule has 0 fully saturated rings. The van der Waals surface area contributed by atoms with Crippen molar-refractivity contribution < 1.29 is 4.74 Å². The molecular formula is C16H28IN3O. The maximum atomic E-state index is 5.35. The molecule has 0 saturated carbocycles. The molecule has 120 valence electrons. The van der Waals surface area contributed by atoms with Crippen molar-refractivity contribution in [2.45, 2.75) is 32.6 Å². The molecule has 0 atom stereocenters. The lowest BCUT2D eigenvalue weighted by atomic mass is 10.1. The van der Waals surface area contributed by atoms with Crippen LogP contribution in [0.1, 0.15) is 31.7 Å². The molecule has 0 aliphatic carbocycles. The molecule has 0 aliphatic rings. The molecule has 0 unspecified atom stereocenters. The number of methoxy groups -OCH3 is 1. The summed E-state index contributed by atoms with van der Waals surface area (Å²) in [7, 11) is 3.51. The van der Waals surface area contributed by atoms with E-state index in [0.717, 1.165) is 31.2 Å². The van der Waals surface area contributed by atoms with Crippen LogP contribution in [-0.4, -0.2) is 33.2 Å². The molecule has 5 heteroatoms. The van der Waals surface area contributed by atoms with Crippen molar-refractivity contribution >= 4 is 29.9 Å². The highest BCUT2D eigenvalue weighted by molar-refractivity contribution is 14.0. The van der Waals surface area contributed by atoms with Gasteiger partial charge in [-0.3, -0.25) is 4.99 Å². The highest BCUT2D eigenvalue weighted by Gasteiger charge is 2.02. The van der Waals surface area contributed by atoms with Crippen LogP contribution in [0.15, 0.2) is 29.3 Å². The molecular weight excluding hydrogens is 377 g/mol. The minimum Gasteiger partial charge on any atom is -0.496 e. The monoisotopic (exact) mass is 405 g/mol. The molecule has 4 nitrogen and oxygen atoms in total. The summed E-state index contributed by atoms with van der Waals surface area (Å²) in [5.74, 6) is 1.82. The predicted octanol–water partition coefficient (Wildman–Crippen LogP) is 3.21. The van der Waals surface area contributed by atoms with Crippen molar-refractivity contribution in [2.75, 3.05) is 27.2 Å². The lowest BCUT2D eigenvalue weighted by molar-refractivity contribution is 0.409. The van der Waals surface area contributed by atoms with Gasteiger partial charge in [-0.05, 0) is 24.5 Å². The van der Waals surface area contributed by atoms with E-state index in [1.54, 1.807) is 14.2 Å². The molecule has 1 aromatic rings. The topological polar surface area (TPSA) is 45.7 Å². The van der Waals surface area contributed by atoms with Crippen LogP contribution in [-0.2, 0) is 6.42 Å². The number of aliphatic imine (C=N–C) groups is 1. The third-order valence-electron chi connectivity index (χ3n) is 3.18. The average Bonchev–Trinajstić information content (AvgIpc) is 2.50. The first-order valence-electron chi connectivity index (χ1n) is 7.38. The van der Waals surface area contributed by atoms with Crippen LogP contribution >= 0.6 is 24.0 Å². The lowest BCUT2D eigenvalue weighted by Crippen LogP contribution is -2.38. The fourth-order valence-corrected chi connectivity index (χ4v) is 2.03. The van der Waals surface area contributed by atoms with Crippen molar-refractivity contribution in [3.63, 3.8) is 0 Å². The second-order valence-corrected chi connectivity index (χ2v) is 4.69. The van der Waals surface area contributed by atoms with Crippen molar-refractivity contribution in [3.05, 3.63) is 29.8 Å². The summed E-state index contributed by atoms with van der Waals surface area (Å²) in [6.45, 7) is 4.02. The van der Waals surface area contributed by atoms with Gasteiger partial charge in [-0.1, -0.05) is 38.0 Å². The van der Waals surface area contributed by atoms with Gasteiger partial charge >= 0.3 is 0 Å². The zero-order valence-electron chi connectivity index (χ0n) is 13.3. The van der Waals surface area contributed by atoms with Crippen LogP contribution in [0.4, 0.5) is 0 Å². The highest BCUT2D eigenvalue weighted by atomic mass is 127. The number of unbranched alkanes of at least 4 members (excludes halogenated alkanes) is 2. The number of halogens is 1. The van der Waals surface area contributed by atoms with E-state index in [9.17, 15) is 0 Å². The maximum absolute atomic E-state index is 5.35. The Morgan fingerprint density at radius 3 is 2.52 bits per heavy atom. The fourth-order valence-electron chi connectivity index (χ4n) is 2.03. The Labute approximate surface area is 145 Å². The van der Waals surface area contributed by atoms with Crippen LogP contribution in [0, 0.1) is 0 Å². The van der Waals surface area contributed by atoms with E-state index in [1.807, 2.05) is 18.2 Å². The smallest absolute Gasteiger partial charge is 0.190 e. The third kappa shape index (κ3) is 8.14. The van der Waals surface area contributed by atoms with Crippen LogP contribution in [0.25, 0.3) is 0 Å². The summed E-state index contributed by atoms with van der Waals surface area (Å²) in [4.78, 5) is 4.22. The van der Waals surface area contributed by atoms with Gasteiger partial charge in [0, 0.05) is 20.1 Å². The number of nitrogens with one attached hydrogen (secondary N) is 2. The van der Waals surface area contributed by atoms with Crippen molar-refractivity contribution in [1.82, 2.24) is 10.6 Å². The summed E-state index contributed by atoms with van der Waals surface area (Å²) in [5.41, 5.74) is 1.21. The highest BCUT2D eigenvalue weighted by Crippen LogP contribution is 2.17. The molecule has 0 heterocycles. The van der Waals surface area contributed by atoms with E-state index in [2.05, 4.69) is 28.6 Å². The molecule has 21 heavy (non-hydrogen) atoms. The number of benzene rings is 1. The Hall–Kier alpha value is -0.980. The van der Waals surface area contributed by atoms with E-state index in [4.69, 9.17) is 4.74 Å². The number of hydrogen-bond acceptors (Lipinski definition) is 2. The van der Waals surface area contributed by atoms with Gasteiger partial charge < -0.3 is 15.4 Å². The van der Waals surface area contributed by atoms with Gasteiger partial charge in [0.25, 0.3) is 0 Å². The molecule has 0 radical (unpaired) electrons. The Bertz CT molecular complexity index is 410. The van der Waals surface area contributed by atoms with Crippen LogP contribution in [0.3, 0.4) is 0 Å². The molecule has 0 spiro atoms. The Kier molecular flexibility index (Phi) is 12.1. The van der Waals surface area contributed by atoms with Gasteiger partial charge in [-0.2, -0.15) is 0 Å². The molecule has 2 N–H and O–H groups in total. The first-order chi connectivity index (χ1) is 9.81. The molecule has 0 amide bonds. The molecule has 0 aromatic heterocycles. The van der Waals surface area contributed by atoms with E-state index in [1.165, 1.54) is 24.8 Å². The number of ether oxygens (including phenoxy) is 1. The molecule has 0 aliphatic heterocycles. The average molecular weight is 405 g/mol. The normalized spacial score (nSPS) is 10.7. The van der Waals surface area contributed by atoms with Crippen LogP contribution < -0.4 is 15.4 Å². The van der Waals surface area contributed by atoms with Crippen molar-refractivity contribution in [3.8, 4) is 5.75 Å². The standard InChI is InChI=1S/C16H27N3O.HI/c1-4-5-8-12-18-16(17-2)19-13-11-14-9-6-7-10-15(14)20-3;/h6-7,9-10H,4-5,8,11-13H2,1-3H3,(H2,17,18,19);1H. The Morgan fingerprint density at radius 1 is 1.14 bits per heavy atom. The number of para-hydroxylation sites is 1.